The number of hydrogen-bond donors (Lipinski definition) is 0. The SMILES string of the molecule is COC1=CCN([C@H]2CCOc3ccccc32)c2c1cccc2-c1cc(Cl)cc(Cl)c1. The third kappa shape index (κ3) is 3.32. The van der Waals surface area contributed by atoms with Gasteiger partial charge in [0.2, 0.25) is 0 Å². The minimum absolute atomic E-state index is 0.208. The van der Waals surface area contributed by atoms with Crippen molar-refractivity contribution in [3.8, 4) is 16.9 Å². The first-order chi connectivity index (χ1) is 14.7. The summed E-state index contributed by atoms with van der Waals surface area (Å²) in [6, 6.07) is 20.5. The first-order valence-corrected chi connectivity index (χ1v) is 10.7. The van der Waals surface area contributed by atoms with Crippen LogP contribution in [0.15, 0.2) is 66.7 Å². The van der Waals surface area contributed by atoms with Gasteiger partial charge in [-0.2, -0.15) is 0 Å². The topological polar surface area (TPSA) is 21.7 Å². The molecule has 0 aliphatic carbocycles. The molecule has 0 saturated carbocycles. The molecule has 0 unspecified atom stereocenters. The van der Waals surface area contributed by atoms with E-state index in [0.29, 0.717) is 16.7 Å². The molecule has 0 spiro atoms. The first kappa shape index (κ1) is 19.3. The molecule has 30 heavy (non-hydrogen) atoms. The second-order valence-corrected chi connectivity index (χ2v) is 8.35. The Labute approximate surface area is 186 Å². The Bertz CT molecular complexity index is 1120. The highest BCUT2D eigenvalue weighted by molar-refractivity contribution is 6.35. The maximum atomic E-state index is 6.34. The predicted octanol–water partition coefficient (Wildman–Crippen LogP) is 6.99. The molecule has 2 aliphatic rings. The number of ether oxygens (including phenoxy) is 2. The van der Waals surface area contributed by atoms with Gasteiger partial charge >= 0.3 is 0 Å². The molecule has 0 aromatic heterocycles. The van der Waals surface area contributed by atoms with Crippen LogP contribution in [-0.4, -0.2) is 20.3 Å². The quantitative estimate of drug-likeness (QED) is 0.440. The average Bonchev–Trinajstić information content (AvgIpc) is 2.77. The van der Waals surface area contributed by atoms with Crippen LogP contribution in [0, 0.1) is 0 Å². The zero-order chi connectivity index (χ0) is 20.7. The highest BCUT2D eigenvalue weighted by atomic mass is 35.5. The van der Waals surface area contributed by atoms with E-state index >= 15 is 0 Å². The van der Waals surface area contributed by atoms with Gasteiger partial charge in [0.05, 0.1) is 25.4 Å². The zero-order valence-electron chi connectivity index (χ0n) is 16.6. The molecule has 3 aromatic rings. The zero-order valence-corrected chi connectivity index (χ0v) is 18.1. The highest BCUT2D eigenvalue weighted by Gasteiger charge is 2.32. The maximum Gasteiger partial charge on any atom is 0.125 e. The van der Waals surface area contributed by atoms with E-state index in [2.05, 4.69) is 41.3 Å². The van der Waals surface area contributed by atoms with Gasteiger partial charge in [-0.3, -0.25) is 0 Å². The van der Waals surface area contributed by atoms with Crippen LogP contribution in [0.1, 0.15) is 23.6 Å². The fourth-order valence-electron chi connectivity index (χ4n) is 4.50. The third-order valence-electron chi connectivity index (χ3n) is 5.76. The Hall–Kier alpha value is -2.62. The molecule has 3 nitrogen and oxygen atoms in total. The van der Waals surface area contributed by atoms with Crippen LogP contribution in [0.4, 0.5) is 5.69 Å². The standard InChI is InChI=1S/C25H21Cl2NO2/c1-29-23-9-11-28(22-10-12-30-24-8-3-2-5-20(22)24)25-19(6-4-7-21(23)25)16-13-17(26)15-18(27)14-16/h2-9,13-15,22H,10-12H2,1H3/t22-/m0/s1. The van der Waals surface area contributed by atoms with E-state index in [-0.39, 0.29) is 6.04 Å². The van der Waals surface area contributed by atoms with Gasteiger partial charge in [0.15, 0.2) is 0 Å². The molecule has 0 bridgehead atoms. The number of halogens is 2. The molecule has 0 saturated heterocycles. The van der Waals surface area contributed by atoms with Crippen molar-refractivity contribution in [2.45, 2.75) is 12.5 Å². The van der Waals surface area contributed by atoms with Crippen LogP contribution in [0.2, 0.25) is 10.0 Å². The summed E-state index contributed by atoms with van der Waals surface area (Å²) in [5.74, 6) is 1.84. The highest BCUT2D eigenvalue weighted by Crippen LogP contribution is 2.47. The molecule has 5 heteroatoms. The predicted molar refractivity (Wildman–Crippen MR) is 124 cm³/mol. The summed E-state index contributed by atoms with van der Waals surface area (Å²) in [5, 5.41) is 1.24. The number of methoxy groups -OCH3 is 1. The summed E-state index contributed by atoms with van der Waals surface area (Å²) >= 11 is 12.7. The molecule has 0 radical (unpaired) electrons. The normalized spacial score (nSPS) is 17.5. The van der Waals surface area contributed by atoms with Crippen molar-refractivity contribution in [3.63, 3.8) is 0 Å². The Morgan fingerprint density at radius 2 is 1.73 bits per heavy atom. The Morgan fingerprint density at radius 3 is 2.53 bits per heavy atom. The van der Waals surface area contributed by atoms with Gasteiger partial charge in [-0.25, -0.2) is 0 Å². The Morgan fingerprint density at radius 1 is 0.967 bits per heavy atom. The second kappa shape index (κ2) is 7.90. The van der Waals surface area contributed by atoms with Gasteiger partial charge in [0.25, 0.3) is 0 Å². The number of nitrogens with zero attached hydrogens (tertiary/aromatic N) is 1. The summed E-state index contributed by atoms with van der Waals surface area (Å²) in [5.41, 5.74) is 5.50. The molecule has 5 rings (SSSR count). The average molecular weight is 438 g/mol. The minimum Gasteiger partial charge on any atom is -0.496 e. The van der Waals surface area contributed by atoms with Crippen LogP contribution >= 0.6 is 23.2 Å². The Kier molecular flexibility index (Phi) is 5.10. The molecule has 2 aliphatic heterocycles. The van der Waals surface area contributed by atoms with E-state index < -0.39 is 0 Å². The van der Waals surface area contributed by atoms with Gasteiger partial charge in [-0.1, -0.05) is 53.5 Å². The van der Waals surface area contributed by atoms with Gasteiger partial charge in [-0.15, -0.1) is 0 Å². The van der Waals surface area contributed by atoms with Crippen molar-refractivity contribution in [2.24, 2.45) is 0 Å². The third-order valence-corrected chi connectivity index (χ3v) is 6.20. The summed E-state index contributed by atoms with van der Waals surface area (Å²) in [6.07, 6.45) is 3.06. The number of hydrogen-bond acceptors (Lipinski definition) is 3. The molecule has 0 N–H and O–H groups in total. The summed E-state index contributed by atoms with van der Waals surface area (Å²) < 4.78 is 11.6. The van der Waals surface area contributed by atoms with Crippen molar-refractivity contribution < 1.29 is 9.47 Å². The number of para-hydroxylation sites is 2. The fraction of sp³-hybridized carbons (Fsp3) is 0.200. The monoisotopic (exact) mass is 437 g/mol. The van der Waals surface area contributed by atoms with Crippen molar-refractivity contribution in [1.29, 1.82) is 0 Å². The van der Waals surface area contributed by atoms with Gasteiger partial charge in [-0.05, 0) is 42.0 Å². The number of anilines is 1. The summed E-state index contributed by atoms with van der Waals surface area (Å²) in [4.78, 5) is 2.45. The van der Waals surface area contributed by atoms with Crippen molar-refractivity contribution in [3.05, 3.63) is 87.9 Å². The van der Waals surface area contributed by atoms with Crippen LogP contribution in [0.5, 0.6) is 5.75 Å². The van der Waals surface area contributed by atoms with Gasteiger partial charge < -0.3 is 14.4 Å². The van der Waals surface area contributed by atoms with Crippen LogP contribution in [0.25, 0.3) is 16.9 Å². The minimum atomic E-state index is 0.208. The van der Waals surface area contributed by atoms with Crippen molar-refractivity contribution in [2.75, 3.05) is 25.2 Å². The van der Waals surface area contributed by atoms with Gasteiger partial charge in [0.1, 0.15) is 11.5 Å². The second-order valence-electron chi connectivity index (χ2n) is 7.48. The van der Waals surface area contributed by atoms with E-state index in [4.69, 9.17) is 32.7 Å². The lowest BCUT2D eigenvalue weighted by Crippen LogP contribution is -2.35. The lowest BCUT2D eigenvalue weighted by molar-refractivity contribution is 0.265. The van der Waals surface area contributed by atoms with Crippen LogP contribution in [-0.2, 0) is 4.74 Å². The first-order valence-electron chi connectivity index (χ1n) is 9.98. The van der Waals surface area contributed by atoms with Gasteiger partial charge in [0, 0.05) is 39.7 Å². The fourth-order valence-corrected chi connectivity index (χ4v) is 5.03. The van der Waals surface area contributed by atoms with E-state index in [1.165, 1.54) is 5.56 Å². The number of benzene rings is 3. The summed E-state index contributed by atoms with van der Waals surface area (Å²) in [6.45, 7) is 1.44. The Balaban J connectivity index is 1.71. The molecule has 3 aromatic carbocycles. The van der Waals surface area contributed by atoms with E-state index in [1.807, 2.05) is 24.3 Å². The maximum absolute atomic E-state index is 6.34. The van der Waals surface area contributed by atoms with E-state index in [0.717, 1.165) is 46.9 Å². The lowest BCUT2D eigenvalue weighted by Gasteiger charge is -2.40. The van der Waals surface area contributed by atoms with Crippen LogP contribution in [0.3, 0.4) is 0 Å². The molecule has 0 fully saturated rings. The molecular formula is C25H21Cl2NO2. The number of fused-ring (bicyclic) bond motifs is 2. The summed E-state index contributed by atoms with van der Waals surface area (Å²) in [7, 11) is 1.72. The van der Waals surface area contributed by atoms with Crippen molar-refractivity contribution >= 4 is 34.6 Å². The molecule has 0 amide bonds. The molecule has 1 atom stereocenters. The molecular weight excluding hydrogens is 417 g/mol. The molecule has 152 valence electrons. The van der Waals surface area contributed by atoms with Crippen molar-refractivity contribution in [1.82, 2.24) is 0 Å². The smallest absolute Gasteiger partial charge is 0.125 e. The molecule has 2 heterocycles. The lowest BCUT2D eigenvalue weighted by atomic mass is 9.91. The van der Waals surface area contributed by atoms with Crippen LogP contribution < -0.4 is 9.64 Å². The van der Waals surface area contributed by atoms with E-state index in [1.54, 1.807) is 13.2 Å². The number of rotatable bonds is 3. The van der Waals surface area contributed by atoms with E-state index in [9.17, 15) is 0 Å². The largest absolute Gasteiger partial charge is 0.496 e.